The molecule has 1 aromatic heterocycles. The second kappa shape index (κ2) is 7.38. The van der Waals surface area contributed by atoms with Crippen LogP contribution in [0.3, 0.4) is 0 Å². The predicted molar refractivity (Wildman–Crippen MR) is 105 cm³/mol. The molecule has 2 aromatic carbocycles. The molecular weight excluding hydrogens is 375 g/mol. The minimum absolute atomic E-state index is 0.0732. The lowest BCUT2D eigenvalue weighted by Crippen LogP contribution is -2.28. The van der Waals surface area contributed by atoms with Gasteiger partial charge in [0.25, 0.3) is 11.8 Å². The van der Waals surface area contributed by atoms with Crippen LogP contribution >= 0.6 is 0 Å². The van der Waals surface area contributed by atoms with Crippen molar-refractivity contribution in [1.29, 1.82) is 0 Å². The van der Waals surface area contributed by atoms with Gasteiger partial charge in [-0.15, -0.1) is 0 Å². The molecule has 2 heterocycles. The van der Waals surface area contributed by atoms with Crippen LogP contribution in [0, 0.1) is 12.7 Å². The van der Waals surface area contributed by atoms with Crippen LogP contribution in [-0.2, 0) is 4.79 Å². The maximum absolute atomic E-state index is 13.2. The molecule has 148 valence electrons. The van der Waals surface area contributed by atoms with Gasteiger partial charge in [-0.25, -0.2) is 9.07 Å². The van der Waals surface area contributed by atoms with Crippen molar-refractivity contribution in [1.82, 2.24) is 15.1 Å². The molecule has 0 saturated heterocycles. The Balaban J connectivity index is 1.51. The largest absolute Gasteiger partial charge is 0.482 e. The normalized spacial score (nSPS) is 13.8. The van der Waals surface area contributed by atoms with E-state index in [-0.39, 0.29) is 30.3 Å². The number of aromatic nitrogens is 2. The summed E-state index contributed by atoms with van der Waals surface area (Å²) in [6.45, 7) is 3.69. The van der Waals surface area contributed by atoms with E-state index in [0.29, 0.717) is 17.0 Å². The zero-order valence-electron chi connectivity index (χ0n) is 15.9. The highest BCUT2D eigenvalue weighted by Crippen LogP contribution is 2.29. The molecule has 0 bridgehead atoms. The Kier molecular flexibility index (Phi) is 4.75. The topological polar surface area (TPSA) is 85.2 Å². The quantitative estimate of drug-likeness (QED) is 0.712. The molecule has 4 rings (SSSR count). The summed E-state index contributed by atoms with van der Waals surface area (Å²) in [5.74, 6) is -0.343. The van der Waals surface area contributed by atoms with E-state index in [1.54, 1.807) is 41.2 Å². The van der Waals surface area contributed by atoms with Crippen LogP contribution in [0.5, 0.6) is 5.75 Å². The van der Waals surface area contributed by atoms with Crippen LogP contribution in [0.25, 0.3) is 5.69 Å². The molecule has 0 aliphatic carbocycles. The first-order chi connectivity index (χ1) is 13.9. The summed E-state index contributed by atoms with van der Waals surface area (Å²) >= 11 is 0. The van der Waals surface area contributed by atoms with Crippen LogP contribution in [0.15, 0.2) is 48.7 Å². The van der Waals surface area contributed by atoms with Gasteiger partial charge < -0.3 is 15.4 Å². The molecule has 0 radical (unpaired) electrons. The van der Waals surface area contributed by atoms with Crippen LogP contribution in [0.4, 0.5) is 10.1 Å². The summed E-state index contributed by atoms with van der Waals surface area (Å²) in [7, 11) is 0. The van der Waals surface area contributed by atoms with Gasteiger partial charge in [0.1, 0.15) is 11.6 Å². The van der Waals surface area contributed by atoms with Gasteiger partial charge in [-0.3, -0.25) is 9.59 Å². The standard InChI is InChI=1S/C21H19FN4O3/c1-12(17-10-23-26(13(17)2)16-6-4-15(22)5-7-16)24-21(28)14-3-8-18-19(9-14)29-11-20(27)25-18/h3-10,12H,11H2,1-2H3,(H,24,28)(H,25,27). The second-order valence-corrected chi connectivity index (χ2v) is 6.82. The van der Waals surface area contributed by atoms with Gasteiger partial charge in [-0.1, -0.05) is 0 Å². The molecule has 0 spiro atoms. The molecule has 0 saturated carbocycles. The lowest BCUT2D eigenvalue weighted by molar-refractivity contribution is -0.118. The number of rotatable bonds is 4. The Labute approximate surface area is 166 Å². The highest BCUT2D eigenvalue weighted by Gasteiger charge is 2.20. The Morgan fingerprint density at radius 1 is 1.28 bits per heavy atom. The van der Waals surface area contributed by atoms with Gasteiger partial charge in [-0.05, 0) is 56.3 Å². The number of carbonyl (C=O) groups excluding carboxylic acids is 2. The molecule has 2 N–H and O–H groups in total. The number of nitrogens with one attached hydrogen (secondary N) is 2. The maximum Gasteiger partial charge on any atom is 0.262 e. The number of ether oxygens (including phenoxy) is 1. The average molecular weight is 394 g/mol. The number of hydrogen-bond donors (Lipinski definition) is 2. The Morgan fingerprint density at radius 3 is 2.79 bits per heavy atom. The van der Waals surface area contributed by atoms with Gasteiger partial charge in [0.2, 0.25) is 0 Å². The zero-order chi connectivity index (χ0) is 20.5. The van der Waals surface area contributed by atoms with Crippen molar-refractivity contribution < 1.29 is 18.7 Å². The number of amides is 2. The summed E-state index contributed by atoms with van der Waals surface area (Å²) in [4.78, 5) is 24.0. The van der Waals surface area contributed by atoms with Crippen molar-refractivity contribution in [3.05, 3.63) is 71.3 Å². The zero-order valence-corrected chi connectivity index (χ0v) is 15.9. The van der Waals surface area contributed by atoms with Crippen molar-refractivity contribution in [2.75, 3.05) is 11.9 Å². The molecule has 1 atom stereocenters. The van der Waals surface area contributed by atoms with E-state index in [4.69, 9.17) is 4.74 Å². The Morgan fingerprint density at radius 2 is 2.03 bits per heavy atom. The SMILES string of the molecule is Cc1c(C(C)NC(=O)c2ccc3c(c2)OCC(=O)N3)cnn1-c1ccc(F)cc1. The Hall–Kier alpha value is -3.68. The van der Waals surface area contributed by atoms with Crippen molar-refractivity contribution in [3.63, 3.8) is 0 Å². The van der Waals surface area contributed by atoms with Gasteiger partial charge >= 0.3 is 0 Å². The first kappa shape index (κ1) is 18.7. The predicted octanol–water partition coefficient (Wildman–Crippen LogP) is 3.14. The molecular formula is C21H19FN4O3. The molecule has 1 aliphatic heterocycles. The van der Waals surface area contributed by atoms with E-state index in [9.17, 15) is 14.0 Å². The number of nitrogens with zero attached hydrogens (tertiary/aromatic N) is 2. The fourth-order valence-corrected chi connectivity index (χ4v) is 3.26. The molecule has 1 aliphatic rings. The van der Waals surface area contributed by atoms with Crippen LogP contribution in [0.2, 0.25) is 0 Å². The first-order valence-electron chi connectivity index (χ1n) is 9.10. The van der Waals surface area contributed by atoms with Crippen molar-refractivity contribution >= 4 is 17.5 Å². The average Bonchev–Trinajstić information content (AvgIpc) is 3.09. The van der Waals surface area contributed by atoms with Gasteiger partial charge in [0.15, 0.2) is 6.61 Å². The third-order valence-electron chi connectivity index (χ3n) is 4.81. The number of hydrogen-bond acceptors (Lipinski definition) is 4. The van der Waals surface area contributed by atoms with E-state index in [1.165, 1.54) is 12.1 Å². The van der Waals surface area contributed by atoms with Gasteiger partial charge in [-0.2, -0.15) is 5.10 Å². The third kappa shape index (κ3) is 3.69. The molecule has 3 aromatic rings. The minimum atomic E-state index is -0.312. The smallest absolute Gasteiger partial charge is 0.262 e. The van der Waals surface area contributed by atoms with E-state index in [2.05, 4.69) is 15.7 Å². The number of fused-ring (bicyclic) bond motifs is 1. The summed E-state index contributed by atoms with van der Waals surface area (Å²) in [5, 5.41) is 10.0. The van der Waals surface area contributed by atoms with Crippen LogP contribution in [-0.4, -0.2) is 28.2 Å². The highest BCUT2D eigenvalue weighted by atomic mass is 19.1. The second-order valence-electron chi connectivity index (χ2n) is 6.82. The lowest BCUT2D eigenvalue weighted by Gasteiger charge is -2.19. The molecule has 2 amide bonds. The molecule has 7 nitrogen and oxygen atoms in total. The van der Waals surface area contributed by atoms with Crippen molar-refractivity contribution in [3.8, 4) is 11.4 Å². The number of carbonyl (C=O) groups is 2. The summed E-state index contributed by atoms with van der Waals surface area (Å²) < 4.78 is 20.2. The lowest BCUT2D eigenvalue weighted by atomic mass is 10.1. The summed E-state index contributed by atoms with van der Waals surface area (Å²) in [6.07, 6.45) is 1.69. The Bertz CT molecular complexity index is 1090. The van der Waals surface area contributed by atoms with Crippen LogP contribution in [0.1, 0.15) is 34.6 Å². The number of benzene rings is 2. The monoisotopic (exact) mass is 394 g/mol. The minimum Gasteiger partial charge on any atom is -0.482 e. The van der Waals surface area contributed by atoms with Crippen LogP contribution < -0.4 is 15.4 Å². The molecule has 29 heavy (non-hydrogen) atoms. The number of anilines is 1. The molecule has 0 fully saturated rings. The van der Waals surface area contributed by atoms with E-state index < -0.39 is 0 Å². The van der Waals surface area contributed by atoms with E-state index in [1.807, 2.05) is 13.8 Å². The van der Waals surface area contributed by atoms with E-state index >= 15 is 0 Å². The fourth-order valence-electron chi connectivity index (χ4n) is 3.26. The van der Waals surface area contributed by atoms with E-state index in [0.717, 1.165) is 16.9 Å². The van der Waals surface area contributed by atoms with Crippen molar-refractivity contribution in [2.45, 2.75) is 19.9 Å². The fraction of sp³-hybridized carbons (Fsp3) is 0.190. The molecule has 1 unspecified atom stereocenters. The maximum atomic E-state index is 13.2. The first-order valence-corrected chi connectivity index (χ1v) is 9.10. The van der Waals surface area contributed by atoms with Gasteiger partial charge in [0.05, 0.1) is 23.6 Å². The third-order valence-corrected chi connectivity index (χ3v) is 4.81. The summed E-state index contributed by atoms with van der Waals surface area (Å²) in [6, 6.07) is 10.6. The van der Waals surface area contributed by atoms with Crippen molar-refractivity contribution in [2.24, 2.45) is 0 Å². The van der Waals surface area contributed by atoms with Gasteiger partial charge in [0, 0.05) is 16.8 Å². The summed E-state index contributed by atoms with van der Waals surface area (Å²) in [5.41, 5.74) is 3.41. The molecule has 8 heteroatoms. The highest BCUT2D eigenvalue weighted by molar-refractivity contribution is 5.99. The number of halogens is 1.